The summed E-state index contributed by atoms with van der Waals surface area (Å²) in [4.78, 5) is 13.5. The molecule has 1 saturated heterocycles. The lowest BCUT2D eigenvalue weighted by Gasteiger charge is -2.22. The van der Waals surface area contributed by atoms with Gasteiger partial charge in [-0.3, -0.25) is 9.69 Å². The predicted octanol–water partition coefficient (Wildman–Crippen LogP) is 2.34. The summed E-state index contributed by atoms with van der Waals surface area (Å²) in [6, 6.07) is 2.37. The maximum absolute atomic E-state index is 13.6. The molecule has 0 aliphatic carbocycles. The number of nitrogens with zero attached hydrogens (tertiary/aromatic N) is 1. The first-order chi connectivity index (χ1) is 9.47. The van der Waals surface area contributed by atoms with Crippen molar-refractivity contribution < 1.29 is 19.0 Å². The third-order valence-electron chi connectivity index (χ3n) is 3.46. The molecule has 1 fully saturated rings. The van der Waals surface area contributed by atoms with E-state index in [1.54, 1.807) is 0 Å². The number of hydrogen-bond donors (Lipinski definition) is 1. The van der Waals surface area contributed by atoms with Gasteiger partial charge in [0, 0.05) is 31.8 Å². The number of phenolic OH excluding ortho intramolecular Hbond substituents is 1. The van der Waals surface area contributed by atoms with Crippen LogP contribution in [0.1, 0.15) is 36.2 Å². The number of ether oxygens (including phenoxy) is 1. The zero-order valence-corrected chi connectivity index (χ0v) is 11.9. The molecule has 1 heterocycles. The van der Waals surface area contributed by atoms with E-state index < -0.39 is 5.82 Å². The SMILES string of the molecule is CC(=O)c1cc(F)cc(CN2CCCOC(C)C2)c1O. The average molecular weight is 281 g/mol. The molecular formula is C15H20FNO3. The van der Waals surface area contributed by atoms with Gasteiger partial charge in [-0.25, -0.2) is 4.39 Å². The lowest BCUT2D eigenvalue weighted by Crippen LogP contribution is -2.30. The molecule has 5 heteroatoms. The third kappa shape index (κ3) is 3.55. The minimum atomic E-state index is -0.498. The van der Waals surface area contributed by atoms with Gasteiger partial charge in [-0.1, -0.05) is 0 Å². The molecule has 0 amide bonds. The molecule has 1 aromatic rings. The fourth-order valence-electron chi connectivity index (χ4n) is 2.51. The van der Waals surface area contributed by atoms with Crippen LogP contribution in [0.3, 0.4) is 0 Å². The highest BCUT2D eigenvalue weighted by Gasteiger charge is 2.19. The first kappa shape index (κ1) is 14.9. The van der Waals surface area contributed by atoms with Crippen molar-refractivity contribution in [1.29, 1.82) is 0 Å². The van der Waals surface area contributed by atoms with Crippen LogP contribution in [0.25, 0.3) is 0 Å². The Balaban J connectivity index is 2.22. The molecule has 1 unspecified atom stereocenters. The van der Waals surface area contributed by atoms with Crippen molar-refractivity contribution >= 4 is 5.78 Å². The van der Waals surface area contributed by atoms with E-state index >= 15 is 0 Å². The lowest BCUT2D eigenvalue weighted by molar-refractivity contribution is 0.0666. The summed E-state index contributed by atoms with van der Waals surface area (Å²) in [5.41, 5.74) is 0.489. The highest BCUT2D eigenvalue weighted by molar-refractivity contribution is 5.97. The number of phenols is 1. The second kappa shape index (κ2) is 6.33. The van der Waals surface area contributed by atoms with E-state index in [0.717, 1.165) is 25.6 Å². The fourth-order valence-corrected chi connectivity index (χ4v) is 2.51. The van der Waals surface area contributed by atoms with Gasteiger partial charge in [-0.15, -0.1) is 0 Å². The number of aromatic hydroxyl groups is 1. The Kier molecular flexibility index (Phi) is 4.73. The van der Waals surface area contributed by atoms with Crippen LogP contribution in [0.2, 0.25) is 0 Å². The summed E-state index contributed by atoms with van der Waals surface area (Å²) in [6.45, 7) is 6.00. The number of benzene rings is 1. The topological polar surface area (TPSA) is 49.8 Å². The first-order valence-electron chi connectivity index (χ1n) is 6.83. The molecule has 0 saturated carbocycles. The molecule has 1 aliphatic heterocycles. The van der Waals surface area contributed by atoms with Crippen LogP contribution in [0.15, 0.2) is 12.1 Å². The van der Waals surface area contributed by atoms with Gasteiger partial charge in [0.15, 0.2) is 5.78 Å². The van der Waals surface area contributed by atoms with Gasteiger partial charge in [-0.2, -0.15) is 0 Å². The van der Waals surface area contributed by atoms with E-state index in [1.807, 2.05) is 6.92 Å². The van der Waals surface area contributed by atoms with Gasteiger partial charge in [0.2, 0.25) is 0 Å². The van der Waals surface area contributed by atoms with Crippen LogP contribution in [0.5, 0.6) is 5.75 Å². The minimum absolute atomic E-state index is 0.0409. The van der Waals surface area contributed by atoms with Gasteiger partial charge >= 0.3 is 0 Å². The quantitative estimate of drug-likeness (QED) is 0.864. The number of hydrogen-bond acceptors (Lipinski definition) is 4. The zero-order chi connectivity index (χ0) is 14.7. The van der Waals surface area contributed by atoms with Crippen molar-refractivity contribution in [2.75, 3.05) is 19.7 Å². The van der Waals surface area contributed by atoms with Crippen molar-refractivity contribution in [3.05, 3.63) is 29.1 Å². The Bertz CT molecular complexity index is 504. The van der Waals surface area contributed by atoms with Crippen molar-refractivity contribution in [1.82, 2.24) is 4.90 Å². The van der Waals surface area contributed by atoms with Crippen LogP contribution in [0, 0.1) is 5.82 Å². The van der Waals surface area contributed by atoms with E-state index in [4.69, 9.17) is 4.74 Å². The second-order valence-electron chi connectivity index (χ2n) is 5.29. The van der Waals surface area contributed by atoms with Crippen molar-refractivity contribution in [2.45, 2.75) is 32.9 Å². The molecule has 0 bridgehead atoms. The van der Waals surface area contributed by atoms with Gasteiger partial charge < -0.3 is 9.84 Å². The number of ketones is 1. The van der Waals surface area contributed by atoms with E-state index in [2.05, 4.69) is 4.90 Å². The van der Waals surface area contributed by atoms with E-state index in [-0.39, 0.29) is 23.2 Å². The monoisotopic (exact) mass is 281 g/mol. The van der Waals surface area contributed by atoms with Crippen LogP contribution < -0.4 is 0 Å². The lowest BCUT2D eigenvalue weighted by atomic mass is 10.0. The Morgan fingerprint density at radius 3 is 3.00 bits per heavy atom. The predicted molar refractivity (Wildman–Crippen MR) is 73.4 cm³/mol. The number of carbonyl (C=O) groups excluding carboxylic acids is 1. The Hall–Kier alpha value is -1.46. The Labute approximate surface area is 118 Å². The molecule has 1 aromatic carbocycles. The third-order valence-corrected chi connectivity index (χ3v) is 3.46. The summed E-state index contributed by atoms with van der Waals surface area (Å²) in [7, 11) is 0. The molecule has 2 rings (SSSR count). The molecule has 0 spiro atoms. The molecule has 1 aliphatic rings. The largest absolute Gasteiger partial charge is 0.507 e. The normalized spacial score (nSPS) is 20.6. The van der Waals surface area contributed by atoms with Gasteiger partial charge in [0.05, 0.1) is 11.7 Å². The molecule has 20 heavy (non-hydrogen) atoms. The van der Waals surface area contributed by atoms with Gasteiger partial charge in [-0.05, 0) is 32.4 Å². The molecular weight excluding hydrogens is 261 g/mol. The standard InChI is InChI=1S/C15H20FNO3/c1-10-8-17(4-3-5-20-10)9-12-6-13(16)7-14(11(2)18)15(12)19/h6-7,10,19H,3-5,8-9H2,1-2H3. The summed E-state index contributed by atoms with van der Waals surface area (Å²) in [6.07, 6.45) is 1.01. The van der Waals surface area contributed by atoms with Crippen LogP contribution in [-0.2, 0) is 11.3 Å². The van der Waals surface area contributed by atoms with Crippen molar-refractivity contribution in [2.24, 2.45) is 0 Å². The van der Waals surface area contributed by atoms with Crippen LogP contribution >= 0.6 is 0 Å². The second-order valence-corrected chi connectivity index (χ2v) is 5.29. The number of Topliss-reactive ketones (excluding diaryl/α,β-unsaturated/α-hetero) is 1. The van der Waals surface area contributed by atoms with E-state index in [0.29, 0.717) is 18.7 Å². The molecule has 4 nitrogen and oxygen atoms in total. The average Bonchev–Trinajstić information content (AvgIpc) is 2.57. The number of carbonyl (C=O) groups is 1. The maximum Gasteiger partial charge on any atom is 0.163 e. The summed E-state index contributed by atoms with van der Waals surface area (Å²) in [5.74, 6) is -0.949. The fraction of sp³-hybridized carbons (Fsp3) is 0.533. The summed E-state index contributed by atoms with van der Waals surface area (Å²) >= 11 is 0. The highest BCUT2D eigenvalue weighted by Crippen LogP contribution is 2.26. The minimum Gasteiger partial charge on any atom is -0.507 e. The summed E-state index contributed by atoms with van der Waals surface area (Å²) in [5, 5.41) is 10.1. The van der Waals surface area contributed by atoms with Gasteiger partial charge in [0.25, 0.3) is 0 Å². The van der Waals surface area contributed by atoms with Crippen molar-refractivity contribution in [3.8, 4) is 5.75 Å². The molecule has 1 N–H and O–H groups in total. The molecule has 0 radical (unpaired) electrons. The number of rotatable bonds is 3. The van der Waals surface area contributed by atoms with Crippen LogP contribution in [-0.4, -0.2) is 41.6 Å². The number of halogens is 1. The smallest absolute Gasteiger partial charge is 0.163 e. The van der Waals surface area contributed by atoms with E-state index in [1.165, 1.54) is 13.0 Å². The van der Waals surface area contributed by atoms with E-state index in [9.17, 15) is 14.3 Å². The Morgan fingerprint density at radius 2 is 2.30 bits per heavy atom. The van der Waals surface area contributed by atoms with Crippen molar-refractivity contribution in [3.63, 3.8) is 0 Å². The van der Waals surface area contributed by atoms with Gasteiger partial charge in [0.1, 0.15) is 11.6 Å². The first-order valence-corrected chi connectivity index (χ1v) is 6.83. The Morgan fingerprint density at radius 1 is 1.55 bits per heavy atom. The summed E-state index contributed by atoms with van der Waals surface area (Å²) < 4.78 is 19.1. The molecule has 1 atom stereocenters. The maximum atomic E-state index is 13.6. The van der Waals surface area contributed by atoms with Crippen LogP contribution in [0.4, 0.5) is 4.39 Å². The molecule has 110 valence electrons. The highest BCUT2D eigenvalue weighted by atomic mass is 19.1. The zero-order valence-electron chi connectivity index (χ0n) is 11.9. The molecule has 0 aromatic heterocycles.